The maximum atomic E-state index is 15.4. The summed E-state index contributed by atoms with van der Waals surface area (Å²) in [6.45, 7) is 3.52. The molecule has 2 aromatic carbocycles. The molecule has 3 heterocycles. The van der Waals surface area contributed by atoms with Gasteiger partial charge in [0, 0.05) is 36.7 Å². The zero-order chi connectivity index (χ0) is 28.1. The zero-order valence-electron chi connectivity index (χ0n) is 22.1. The molecule has 0 bridgehead atoms. The van der Waals surface area contributed by atoms with Crippen LogP contribution in [0.3, 0.4) is 0 Å². The standard InChI is InChI=1S/C28H27FN4O5S/c1-16-22(26(32(3)31-16)19-9-10-25(37-4)30-14-19)15-33-24-13-20(12-23(29)27(24)38-17(2)28(33)34)18-7-6-8-21(11-18)39(5,35)36/h6-14,17H,15H2,1-5H3/t17-/m1/s1. The van der Waals surface area contributed by atoms with Gasteiger partial charge in [0.25, 0.3) is 5.91 Å². The summed E-state index contributed by atoms with van der Waals surface area (Å²) in [5.41, 5.74) is 4.16. The summed E-state index contributed by atoms with van der Waals surface area (Å²) in [6.07, 6.45) is 1.87. The van der Waals surface area contributed by atoms with Gasteiger partial charge in [0.1, 0.15) is 0 Å². The summed E-state index contributed by atoms with van der Waals surface area (Å²) in [6, 6.07) is 12.8. The quantitative estimate of drug-likeness (QED) is 0.352. The number of hydrogen-bond donors (Lipinski definition) is 0. The minimum absolute atomic E-state index is 0.0423. The minimum Gasteiger partial charge on any atom is -0.481 e. The second-order valence-electron chi connectivity index (χ2n) is 9.42. The highest BCUT2D eigenvalue weighted by molar-refractivity contribution is 7.90. The number of ether oxygens (including phenoxy) is 2. The molecule has 0 aliphatic carbocycles. The van der Waals surface area contributed by atoms with Gasteiger partial charge in [-0.05, 0) is 55.3 Å². The third-order valence-electron chi connectivity index (χ3n) is 6.70. The van der Waals surface area contributed by atoms with Crippen molar-refractivity contribution in [1.82, 2.24) is 14.8 Å². The van der Waals surface area contributed by atoms with Crippen LogP contribution in [0.1, 0.15) is 18.2 Å². The Balaban J connectivity index is 1.62. The third kappa shape index (κ3) is 4.85. The maximum Gasteiger partial charge on any atom is 0.268 e. The molecule has 0 saturated carbocycles. The number of fused-ring (bicyclic) bond motifs is 1. The predicted octanol–water partition coefficient (Wildman–Crippen LogP) is 4.32. The number of amides is 1. The van der Waals surface area contributed by atoms with Crippen LogP contribution in [0.2, 0.25) is 0 Å². The summed E-state index contributed by atoms with van der Waals surface area (Å²) in [5.74, 6) is -0.572. The van der Waals surface area contributed by atoms with Gasteiger partial charge in [-0.2, -0.15) is 5.10 Å². The van der Waals surface area contributed by atoms with E-state index in [9.17, 15) is 13.2 Å². The summed E-state index contributed by atoms with van der Waals surface area (Å²) in [4.78, 5) is 19.3. The molecule has 5 rings (SSSR count). The van der Waals surface area contributed by atoms with Crippen LogP contribution in [0.15, 0.2) is 59.6 Å². The average molecular weight is 551 g/mol. The molecule has 0 radical (unpaired) electrons. The smallest absolute Gasteiger partial charge is 0.268 e. The Morgan fingerprint density at radius 1 is 1.10 bits per heavy atom. The third-order valence-corrected chi connectivity index (χ3v) is 7.81. The lowest BCUT2D eigenvalue weighted by molar-refractivity contribution is -0.125. The summed E-state index contributed by atoms with van der Waals surface area (Å²) in [5, 5.41) is 4.57. The number of aromatic nitrogens is 3. The van der Waals surface area contributed by atoms with Crippen LogP contribution < -0.4 is 14.4 Å². The molecule has 0 N–H and O–H groups in total. The molecule has 0 spiro atoms. The highest BCUT2D eigenvalue weighted by atomic mass is 32.2. The van der Waals surface area contributed by atoms with Crippen LogP contribution in [-0.4, -0.2) is 48.6 Å². The van der Waals surface area contributed by atoms with Crippen LogP contribution in [-0.2, 0) is 28.2 Å². The number of benzene rings is 2. The Labute approximate surface area is 225 Å². The van der Waals surface area contributed by atoms with Gasteiger partial charge in [-0.15, -0.1) is 0 Å². The fourth-order valence-electron chi connectivity index (χ4n) is 4.75. The number of aryl methyl sites for hydroxylation is 2. The first-order valence-corrected chi connectivity index (χ1v) is 14.0. The van der Waals surface area contributed by atoms with Crippen LogP contribution in [0, 0.1) is 12.7 Å². The highest BCUT2D eigenvalue weighted by Crippen LogP contribution is 2.42. The molecule has 4 aromatic rings. The van der Waals surface area contributed by atoms with E-state index in [4.69, 9.17) is 9.47 Å². The molecule has 2 aromatic heterocycles. The molecule has 9 nitrogen and oxygen atoms in total. The van der Waals surface area contributed by atoms with E-state index >= 15 is 4.39 Å². The van der Waals surface area contributed by atoms with Crippen molar-refractivity contribution in [1.29, 1.82) is 0 Å². The lowest BCUT2D eigenvalue weighted by Gasteiger charge is -2.34. The van der Waals surface area contributed by atoms with Crippen molar-refractivity contribution in [2.45, 2.75) is 31.4 Å². The zero-order valence-corrected chi connectivity index (χ0v) is 22.9. The number of carbonyl (C=O) groups excluding carboxylic acids is 1. The molecule has 1 aliphatic heterocycles. The summed E-state index contributed by atoms with van der Waals surface area (Å²) >= 11 is 0. The Bertz CT molecular complexity index is 1700. The topological polar surface area (TPSA) is 104 Å². The van der Waals surface area contributed by atoms with E-state index in [1.807, 2.05) is 13.0 Å². The Morgan fingerprint density at radius 3 is 2.54 bits per heavy atom. The molecule has 0 saturated heterocycles. The monoisotopic (exact) mass is 550 g/mol. The van der Waals surface area contributed by atoms with Gasteiger partial charge < -0.3 is 14.4 Å². The van der Waals surface area contributed by atoms with Crippen LogP contribution in [0.25, 0.3) is 22.4 Å². The molecule has 11 heteroatoms. The average Bonchev–Trinajstić information content (AvgIpc) is 3.19. The molecule has 1 atom stereocenters. The number of halogens is 1. The second kappa shape index (κ2) is 9.81. The predicted molar refractivity (Wildman–Crippen MR) is 144 cm³/mol. The van der Waals surface area contributed by atoms with Crippen molar-refractivity contribution >= 4 is 21.4 Å². The molecule has 1 aliphatic rings. The van der Waals surface area contributed by atoms with E-state index in [0.29, 0.717) is 22.7 Å². The number of rotatable bonds is 6. The van der Waals surface area contributed by atoms with Gasteiger partial charge in [-0.25, -0.2) is 17.8 Å². The van der Waals surface area contributed by atoms with Gasteiger partial charge in [-0.1, -0.05) is 12.1 Å². The number of sulfone groups is 1. The molecule has 1 amide bonds. The van der Waals surface area contributed by atoms with Crippen molar-refractivity contribution in [3.63, 3.8) is 0 Å². The van der Waals surface area contributed by atoms with Gasteiger partial charge >= 0.3 is 0 Å². The number of hydrogen-bond acceptors (Lipinski definition) is 7. The van der Waals surface area contributed by atoms with Crippen molar-refractivity contribution < 1.29 is 27.1 Å². The minimum atomic E-state index is -3.47. The van der Waals surface area contributed by atoms with Crippen LogP contribution >= 0.6 is 0 Å². The Hall–Kier alpha value is -4.25. The maximum absolute atomic E-state index is 15.4. The van der Waals surface area contributed by atoms with Crippen LogP contribution in [0.5, 0.6) is 11.6 Å². The first kappa shape index (κ1) is 26.4. The molecule has 39 heavy (non-hydrogen) atoms. The van der Waals surface area contributed by atoms with Gasteiger partial charge in [0.05, 0.1) is 35.6 Å². The van der Waals surface area contributed by atoms with Crippen molar-refractivity contribution in [2.75, 3.05) is 18.3 Å². The molecule has 0 unspecified atom stereocenters. The van der Waals surface area contributed by atoms with E-state index in [1.165, 1.54) is 30.2 Å². The molecule has 202 valence electrons. The number of pyridine rings is 1. The van der Waals surface area contributed by atoms with E-state index in [-0.39, 0.29) is 28.8 Å². The largest absolute Gasteiger partial charge is 0.481 e. The lowest BCUT2D eigenvalue weighted by atomic mass is 10.0. The highest BCUT2D eigenvalue weighted by Gasteiger charge is 2.35. The van der Waals surface area contributed by atoms with Crippen molar-refractivity contribution in [3.05, 3.63) is 71.8 Å². The SMILES string of the molecule is COc1ccc(-c2c(CN3C(=O)[C@@H](C)Oc4c(F)cc(-c5cccc(S(C)(=O)=O)c5)cc43)c(C)nn2C)cn1. The van der Waals surface area contributed by atoms with Gasteiger partial charge in [-0.3, -0.25) is 9.48 Å². The number of carbonyl (C=O) groups is 1. The normalized spacial score (nSPS) is 15.2. The fraction of sp³-hybridized carbons (Fsp3) is 0.250. The van der Waals surface area contributed by atoms with E-state index in [0.717, 1.165) is 23.1 Å². The van der Waals surface area contributed by atoms with Crippen LogP contribution in [0.4, 0.5) is 10.1 Å². The first-order valence-electron chi connectivity index (χ1n) is 12.1. The number of anilines is 1. The fourth-order valence-corrected chi connectivity index (χ4v) is 5.42. The van der Waals surface area contributed by atoms with E-state index in [2.05, 4.69) is 10.1 Å². The Morgan fingerprint density at radius 2 is 1.87 bits per heavy atom. The van der Waals surface area contributed by atoms with Crippen molar-refractivity contribution in [3.8, 4) is 34.0 Å². The molecule has 0 fully saturated rings. The molecular weight excluding hydrogens is 523 g/mol. The van der Waals surface area contributed by atoms with Crippen molar-refractivity contribution in [2.24, 2.45) is 7.05 Å². The second-order valence-corrected chi connectivity index (χ2v) is 11.4. The molecular formula is C28H27FN4O5S. The summed E-state index contributed by atoms with van der Waals surface area (Å²) < 4.78 is 52.2. The van der Waals surface area contributed by atoms with Gasteiger partial charge in [0.2, 0.25) is 5.88 Å². The van der Waals surface area contributed by atoms with Gasteiger partial charge in [0.15, 0.2) is 27.5 Å². The Kier molecular flexibility index (Phi) is 6.63. The lowest BCUT2D eigenvalue weighted by Crippen LogP contribution is -2.44. The number of nitrogens with zero attached hydrogens (tertiary/aromatic N) is 4. The summed E-state index contributed by atoms with van der Waals surface area (Å²) in [7, 11) is -0.129. The van der Waals surface area contributed by atoms with E-state index in [1.54, 1.807) is 49.1 Å². The first-order chi connectivity index (χ1) is 18.5. The van der Waals surface area contributed by atoms with E-state index < -0.39 is 21.8 Å². The number of methoxy groups -OCH3 is 1.